The van der Waals surface area contributed by atoms with E-state index in [1.807, 2.05) is 12.1 Å². The van der Waals surface area contributed by atoms with Crippen molar-refractivity contribution in [2.45, 2.75) is 56.8 Å². The molecule has 0 saturated carbocycles. The normalized spacial score (nSPS) is 26.5. The minimum atomic E-state index is -0.437. The summed E-state index contributed by atoms with van der Waals surface area (Å²) in [6.45, 7) is 0.893. The summed E-state index contributed by atoms with van der Waals surface area (Å²) >= 11 is 0. The zero-order valence-electron chi connectivity index (χ0n) is 15.8. The number of benzene rings is 2. The number of hydrogen-bond donors (Lipinski definition) is 3. The Morgan fingerprint density at radius 3 is 2.36 bits per heavy atom. The van der Waals surface area contributed by atoms with E-state index in [1.54, 1.807) is 23.1 Å². The first kappa shape index (κ1) is 18.9. The number of para-hydroxylation sites is 1. The summed E-state index contributed by atoms with van der Waals surface area (Å²) in [7, 11) is 0. The van der Waals surface area contributed by atoms with E-state index in [4.69, 9.17) is 0 Å². The molecule has 2 unspecified atom stereocenters. The van der Waals surface area contributed by atoms with Gasteiger partial charge in [-0.1, -0.05) is 24.3 Å². The van der Waals surface area contributed by atoms with Crippen molar-refractivity contribution in [3.8, 4) is 0 Å². The number of carbonyl (C=O) groups excluding carboxylic acids is 1. The molecule has 148 valence electrons. The molecule has 0 aromatic heterocycles. The van der Waals surface area contributed by atoms with Crippen LogP contribution in [0.2, 0.25) is 0 Å². The number of quaternary nitrogens is 1. The van der Waals surface area contributed by atoms with E-state index in [0.29, 0.717) is 12.1 Å². The van der Waals surface area contributed by atoms with Gasteiger partial charge in [0.2, 0.25) is 0 Å². The molecule has 3 N–H and O–H groups in total. The first-order valence-electron chi connectivity index (χ1n) is 10.0. The highest BCUT2D eigenvalue weighted by molar-refractivity contribution is 5.89. The van der Waals surface area contributed by atoms with Crippen LogP contribution in [0.5, 0.6) is 0 Å². The van der Waals surface area contributed by atoms with Crippen LogP contribution in [-0.2, 0) is 6.54 Å². The molecule has 6 heteroatoms. The van der Waals surface area contributed by atoms with Crippen molar-refractivity contribution in [2.75, 3.05) is 5.32 Å². The molecule has 2 aromatic carbocycles. The summed E-state index contributed by atoms with van der Waals surface area (Å²) in [5, 5.41) is 5.65. The Bertz CT molecular complexity index is 813. The molecule has 2 aromatic rings. The van der Waals surface area contributed by atoms with Crippen molar-refractivity contribution in [1.82, 2.24) is 5.32 Å². The molecule has 2 aliphatic rings. The van der Waals surface area contributed by atoms with Crippen LogP contribution >= 0.6 is 0 Å². The van der Waals surface area contributed by atoms with Gasteiger partial charge in [-0.15, -0.1) is 0 Å². The molecule has 0 aliphatic carbocycles. The molecule has 2 aliphatic heterocycles. The zero-order chi connectivity index (χ0) is 19.5. The fourth-order valence-corrected chi connectivity index (χ4v) is 4.79. The summed E-state index contributed by atoms with van der Waals surface area (Å²) in [4.78, 5) is 13.9. The molecule has 2 fully saturated rings. The topological polar surface area (TPSA) is 45.6 Å². The number of anilines is 1. The highest BCUT2D eigenvalue weighted by atomic mass is 19.1. The van der Waals surface area contributed by atoms with Gasteiger partial charge < -0.3 is 15.5 Å². The van der Waals surface area contributed by atoms with Crippen molar-refractivity contribution in [3.05, 3.63) is 65.7 Å². The molecule has 2 bridgehead atoms. The van der Waals surface area contributed by atoms with Crippen molar-refractivity contribution >= 4 is 11.7 Å². The molecule has 4 rings (SSSR count). The Labute approximate surface area is 163 Å². The first-order valence-corrected chi connectivity index (χ1v) is 10.0. The third-order valence-electron chi connectivity index (χ3n) is 6.07. The van der Waals surface area contributed by atoms with Gasteiger partial charge in [0.25, 0.3) is 0 Å². The van der Waals surface area contributed by atoms with Crippen molar-refractivity contribution < 1.29 is 18.5 Å². The minimum absolute atomic E-state index is 0.0963. The number of rotatable bonds is 4. The lowest BCUT2D eigenvalue weighted by atomic mass is 9.81. The van der Waals surface area contributed by atoms with Crippen LogP contribution in [0.1, 0.15) is 37.7 Å². The van der Waals surface area contributed by atoms with E-state index in [1.165, 1.54) is 24.6 Å². The van der Waals surface area contributed by atoms with E-state index in [-0.39, 0.29) is 23.6 Å². The number of piperidine rings is 2. The van der Waals surface area contributed by atoms with Crippen LogP contribution in [0.4, 0.5) is 19.3 Å². The first-order chi connectivity index (χ1) is 13.6. The Morgan fingerprint density at radius 2 is 1.68 bits per heavy atom. The van der Waals surface area contributed by atoms with Crippen LogP contribution in [0.25, 0.3) is 0 Å². The van der Waals surface area contributed by atoms with Gasteiger partial charge in [-0.05, 0) is 43.5 Å². The highest BCUT2D eigenvalue weighted by Gasteiger charge is 2.42. The van der Waals surface area contributed by atoms with Gasteiger partial charge in [0.1, 0.15) is 18.2 Å². The van der Waals surface area contributed by atoms with Gasteiger partial charge in [-0.2, -0.15) is 0 Å². The molecular weight excluding hydrogens is 360 g/mol. The van der Waals surface area contributed by atoms with Crippen molar-refractivity contribution in [3.63, 3.8) is 0 Å². The van der Waals surface area contributed by atoms with E-state index in [9.17, 15) is 13.6 Å². The smallest absolute Gasteiger partial charge is 0.319 e. The SMILES string of the molecule is O=C(Nc1ccccc1F)NC1C[C@H]2CCC[C@@H](C1)[NH+]2Cc1ccc(F)cc1. The van der Waals surface area contributed by atoms with Gasteiger partial charge in [0, 0.05) is 24.4 Å². The predicted molar refractivity (Wildman–Crippen MR) is 104 cm³/mol. The second-order valence-electron chi connectivity index (χ2n) is 7.95. The molecule has 0 spiro atoms. The van der Waals surface area contributed by atoms with Crippen LogP contribution < -0.4 is 15.5 Å². The zero-order valence-corrected chi connectivity index (χ0v) is 15.8. The molecule has 4 atom stereocenters. The third kappa shape index (κ3) is 4.33. The monoisotopic (exact) mass is 386 g/mol. The third-order valence-corrected chi connectivity index (χ3v) is 6.07. The van der Waals surface area contributed by atoms with Crippen LogP contribution in [-0.4, -0.2) is 24.2 Å². The van der Waals surface area contributed by atoms with Crippen molar-refractivity contribution in [2.24, 2.45) is 0 Å². The van der Waals surface area contributed by atoms with Crippen LogP contribution in [0, 0.1) is 11.6 Å². The van der Waals surface area contributed by atoms with Gasteiger partial charge in [0.15, 0.2) is 0 Å². The molecule has 2 saturated heterocycles. The van der Waals surface area contributed by atoms with Crippen LogP contribution in [0.15, 0.2) is 48.5 Å². The molecule has 28 heavy (non-hydrogen) atoms. The molecule has 2 heterocycles. The Morgan fingerprint density at radius 1 is 1.00 bits per heavy atom. The fourth-order valence-electron chi connectivity index (χ4n) is 4.79. The van der Waals surface area contributed by atoms with Gasteiger partial charge in [0.05, 0.1) is 17.8 Å². The van der Waals surface area contributed by atoms with Gasteiger partial charge in [-0.25, -0.2) is 13.6 Å². The summed E-state index contributed by atoms with van der Waals surface area (Å²) in [5.74, 6) is -0.643. The lowest BCUT2D eigenvalue weighted by Gasteiger charge is -2.46. The Hall–Kier alpha value is -2.47. The van der Waals surface area contributed by atoms with Crippen molar-refractivity contribution in [1.29, 1.82) is 0 Å². The van der Waals surface area contributed by atoms with E-state index in [2.05, 4.69) is 10.6 Å². The molecule has 2 amide bonds. The quantitative estimate of drug-likeness (QED) is 0.742. The second-order valence-corrected chi connectivity index (χ2v) is 7.95. The number of urea groups is 1. The number of nitrogens with one attached hydrogen (secondary N) is 3. The fraction of sp³-hybridized carbons (Fsp3) is 0.409. The lowest BCUT2D eigenvalue weighted by molar-refractivity contribution is -0.973. The maximum absolute atomic E-state index is 13.7. The number of hydrogen-bond acceptors (Lipinski definition) is 1. The van der Waals surface area contributed by atoms with E-state index in [0.717, 1.165) is 37.8 Å². The Balaban J connectivity index is 1.37. The molecule has 4 nitrogen and oxygen atoms in total. The Kier molecular flexibility index (Phi) is 5.57. The predicted octanol–water partition coefficient (Wildman–Crippen LogP) is 3.25. The van der Waals surface area contributed by atoms with E-state index >= 15 is 0 Å². The number of halogens is 2. The molecular formula is C22H26F2N3O+. The maximum Gasteiger partial charge on any atom is 0.319 e. The molecule has 0 radical (unpaired) electrons. The standard InChI is InChI=1S/C22H25F2N3O/c23-16-10-8-15(9-11-16)14-27-18-4-3-5-19(27)13-17(12-18)25-22(28)26-21-7-2-1-6-20(21)24/h1-2,6-11,17-19H,3-5,12-14H2,(H2,25,26,28)/p+1/t17?,18-,19+. The van der Waals surface area contributed by atoms with Crippen LogP contribution in [0.3, 0.4) is 0 Å². The number of amides is 2. The average Bonchev–Trinajstić information content (AvgIpc) is 2.66. The van der Waals surface area contributed by atoms with E-state index < -0.39 is 5.82 Å². The summed E-state index contributed by atoms with van der Waals surface area (Å²) < 4.78 is 26.9. The minimum Gasteiger partial charge on any atom is -0.335 e. The highest BCUT2D eigenvalue weighted by Crippen LogP contribution is 2.23. The largest absolute Gasteiger partial charge is 0.335 e. The van der Waals surface area contributed by atoms with Gasteiger partial charge >= 0.3 is 6.03 Å². The number of fused-ring (bicyclic) bond motifs is 2. The van der Waals surface area contributed by atoms with Gasteiger partial charge in [-0.3, -0.25) is 0 Å². The maximum atomic E-state index is 13.7. The number of carbonyl (C=O) groups is 1. The summed E-state index contributed by atoms with van der Waals surface area (Å²) in [6, 6.07) is 13.7. The summed E-state index contributed by atoms with van der Waals surface area (Å²) in [6.07, 6.45) is 5.33. The second kappa shape index (κ2) is 8.27. The lowest BCUT2D eigenvalue weighted by Crippen LogP contribution is -3.20. The summed E-state index contributed by atoms with van der Waals surface area (Å²) in [5.41, 5.74) is 1.34. The average molecular weight is 386 g/mol.